The number of benzene rings is 2. The summed E-state index contributed by atoms with van der Waals surface area (Å²) in [5.41, 5.74) is -0.0417. The average Bonchev–Trinajstić information content (AvgIpc) is 2.43. The lowest BCUT2D eigenvalue weighted by molar-refractivity contribution is 0.102. The fraction of sp³-hybridized carbons (Fsp3) is 0. The molecular formula is C13H9BCl2FNO3. The molecule has 3 N–H and O–H groups in total. The molecule has 0 atom stereocenters. The van der Waals surface area contributed by atoms with E-state index in [4.69, 9.17) is 33.2 Å². The number of hydrogen-bond donors (Lipinski definition) is 3. The van der Waals surface area contributed by atoms with E-state index in [1.807, 2.05) is 0 Å². The van der Waals surface area contributed by atoms with E-state index >= 15 is 0 Å². The zero-order valence-electron chi connectivity index (χ0n) is 10.5. The van der Waals surface area contributed by atoms with E-state index in [0.29, 0.717) is 10.7 Å². The first-order valence-electron chi connectivity index (χ1n) is 5.80. The van der Waals surface area contributed by atoms with Gasteiger partial charge in [0.2, 0.25) is 0 Å². The summed E-state index contributed by atoms with van der Waals surface area (Å²) < 4.78 is 13.3. The molecule has 0 aliphatic carbocycles. The molecule has 0 radical (unpaired) electrons. The van der Waals surface area contributed by atoms with E-state index < -0.39 is 18.8 Å². The number of hydrogen-bond acceptors (Lipinski definition) is 3. The summed E-state index contributed by atoms with van der Waals surface area (Å²) in [5.74, 6) is -1.40. The van der Waals surface area contributed by atoms with Gasteiger partial charge in [-0.2, -0.15) is 0 Å². The van der Waals surface area contributed by atoms with Crippen LogP contribution in [-0.2, 0) is 0 Å². The van der Waals surface area contributed by atoms with Crippen molar-refractivity contribution < 1.29 is 19.2 Å². The highest BCUT2D eigenvalue weighted by molar-refractivity contribution is 6.58. The molecule has 0 aliphatic heterocycles. The monoisotopic (exact) mass is 327 g/mol. The normalized spacial score (nSPS) is 10.3. The Balaban J connectivity index is 2.28. The van der Waals surface area contributed by atoms with Gasteiger partial charge in [-0.15, -0.1) is 0 Å². The van der Waals surface area contributed by atoms with Gasteiger partial charge >= 0.3 is 7.12 Å². The summed E-state index contributed by atoms with van der Waals surface area (Å²) in [7, 11) is -2.01. The molecule has 0 aliphatic rings. The van der Waals surface area contributed by atoms with Crippen molar-refractivity contribution in [3.05, 3.63) is 57.8 Å². The van der Waals surface area contributed by atoms with Crippen LogP contribution in [0.25, 0.3) is 0 Å². The van der Waals surface area contributed by atoms with Gasteiger partial charge in [0.05, 0.1) is 10.7 Å². The molecule has 0 heterocycles. The molecule has 0 spiro atoms. The van der Waals surface area contributed by atoms with Crippen LogP contribution in [0.15, 0.2) is 36.4 Å². The Morgan fingerprint density at radius 3 is 2.52 bits per heavy atom. The second-order valence-electron chi connectivity index (χ2n) is 4.19. The minimum Gasteiger partial charge on any atom is -0.423 e. The molecule has 108 valence electrons. The predicted octanol–water partition coefficient (Wildman–Crippen LogP) is 2.06. The lowest BCUT2D eigenvalue weighted by Gasteiger charge is -2.09. The molecule has 2 aromatic rings. The van der Waals surface area contributed by atoms with Crippen molar-refractivity contribution in [2.75, 3.05) is 5.32 Å². The first-order valence-corrected chi connectivity index (χ1v) is 6.56. The van der Waals surface area contributed by atoms with Crippen LogP contribution >= 0.6 is 23.2 Å². The zero-order valence-corrected chi connectivity index (χ0v) is 12.0. The molecular weight excluding hydrogens is 319 g/mol. The highest BCUT2D eigenvalue weighted by atomic mass is 35.5. The smallest absolute Gasteiger partial charge is 0.423 e. The van der Waals surface area contributed by atoms with E-state index in [1.54, 1.807) is 6.07 Å². The van der Waals surface area contributed by atoms with Crippen molar-refractivity contribution in [3.8, 4) is 0 Å². The largest absolute Gasteiger partial charge is 0.491 e. The average molecular weight is 328 g/mol. The zero-order chi connectivity index (χ0) is 15.6. The van der Waals surface area contributed by atoms with Crippen LogP contribution < -0.4 is 10.8 Å². The summed E-state index contributed by atoms with van der Waals surface area (Å²) in [5, 5.41) is 21.2. The Morgan fingerprint density at radius 1 is 1.14 bits per heavy atom. The number of nitrogens with one attached hydrogen (secondary N) is 1. The number of anilines is 1. The quantitative estimate of drug-likeness (QED) is 0.756. The Labute approximate surface area is 130 Å². The van der Waals surface area contributed by atoms with Gasteiger partial charge in [0.1, 0.15) is 5.82 Å². The van der Waals surface area contributed by atoms with Crippen molar-refractivity contribution >= 4 is 47.4 Å². The molecule has 0 bridgehead atoms. The summed E-state index contributed by atoms with van der Waals surface area (Å²) in [6.45, 7) is 0. The molecule has 4 nitrogen and oxygen atoms in total. The maximum atomic E-state index is 13.3. The third-order valence-corrected chi connectivity index (χ3v) is 3.28. The molecule has 21 heavy (non-hydrogen) atoms. The van der Waals surface area contributed by atoms with Gasteiger partial charge in [-0.1, -0.05) is 23.2 Å². The van der Waals surface area contributed by atoms with Crippen molar-refractivity contribution in [1.29, 1.82) is 0 Å². The summed E-state index contributed by atoms with van der Waals surface area (Å²) in [6.07, 6.45) is 0. The Kier molecular flexibility index (Phi) is 4.85. The van der Waals surface area contributed by atoms with E-state index in [2.05, 4.69) is 5.32 Å². The van der Waals surface area contributed by atoms with Crippen molar-refractivity contribution in [2.45, 2.75) is 0 Å². The maximum absolute atomic E-state index is 13.3. The van der Waals surface area contributed by atoms with Crippen LogP contribution in [0.5, 0.6) is 0 Å². The predicted molar refractivity (Wildman–Crippen MR) is 80.6 cm³/mol. The number of rotatable bonds is 3. The van der Waals surface area contributed by atoms with Crippen LogP contribution in [0.3, 0.4) is 0 Å². The van der Waals surface area contributed by atoms with Gasteiger partial charge in [-0.25, -0.2) is 4.39 Å². The van der Waals surface area contributed by atoms with Gasteiger partial charge in [-0.3, -0.25) is 4.79 Å². The van der Waals surface area contributed by atoms with Gasteiger partial charge < -0.3 is 15.4 Å². The van der Waals surface area contributed by atoms with Crippen LogP contribution in [0.4, 0.5) is 10.1 Å². The van der Waals surface area contributed by atoms with Crippen molar-refractivity contribution in [1.82, 2.24) is 0 Å². The van der Waals surface area contributed by atoms with Crippen LogP contribution in [-0.4, -0.2) is 23.1 Å². The van der Waals surface area contributed by atoms with Crippen LogP contribution in [0.1, 0.15) is 10.4 Å². The van der Waals surface area contributed by atoms with E-state index in [-0.39, 0.29) is 16.0 Å². The standard InChI is InChI=1S/C13H9BCl2FNO3/c15-8-2-3-10(16)12(6-8)18-13(19)7-1-4-11(17)9(5-7)14(20)21/h1-6,20-21H,(H,18,19). The highest BCUT2D eigenvalue weighted by Crippen LogP contribution is 2.25. The Bertz CT molecular complexity index is 697. The molecule has 1 amide bonds. The first-order chi connectivity index (χ1) is 9.88. The molecule has 2 aromatic carbocycles. The van der Waals surface area contributed by atoms with Gasteiger partial charge in [-0.05, 0) is 36.4 Å². The summed E-state index contributed by atoms with van der Waals surface area (Å²) in [4.78, 5) is 12.1. The topological polar surface area (TPSA) is 69.6 Å². The fourth-order valence-corrected chi connectivity index (χ4v) is 2.01. The SMILES string of the molecule is O=C(Nc1cc(Cl)ccc1Cl)c1ccc(F)c(B(O)O)c1. The second-order valence-corrected chi connectivity index (χ2v) is 5.03. The third-order valence-electron chi connectivity index (χ3n) is 2.71. The Morgan fingerprint density at radius 2 is 1.86 bits per heavy atom. The Hall–Kier alpha value is -1.60. The van der Waals surface area contributed by atoms with Gasteiger partial charge in [0.25, 0.3) is 5.91 Å². The lowest BCUT2D eigenvalue weighted by atomic mass is 9.79. The lowest BCUT2D eigenvalue weighted by Crippen LogP contribution is -2.33. The minimum atomic E-state index is -2.01. The van der Waals surface area contributed by atoms with E-state index in [9.17, 15) is 9.18 Å². The van der Waals surface area contributed by atoms with Gasteiger partial charge in [0.15, 0.2) is 0 Å². The molecule has 0 aromatic heterocycles. The molecule has 0 unspecified atom stereocenters. The van der Waals surface area contributed by atoms with Crippen LogP contribution in [0.2, 0.25) is 10.0 Å². The van der Waals surface area contributed by atoms with Crippen LogP contribution in [0, 0.1) is 5.82 Å². The number of carbonyl (C=O) groups excluding carboxylic acids is 1. The van der Waals surface area contributed by atoms with Crippen molar-refractivity contribution in [2.24, 2.45) is 0 Å². The molecule has 0 saturated carbocycles. The van der Waals surface area contributed by atoms with Gasteiger partial charge in [0, 0.05) is 16.0 Å². The number of amides is 1. The second kappa shape index (κ2) is 6.45. The fourth-order valence-electron chi connectivity index (χ4n) is 1.67. The first kappa shape index (κ1) is 15.8. The van der Waals surface area contributed by atoms with Crippen molar-refractivity contribution in [3.63, 3.8) is 0 Å². The number of carbonyl (C=O) groups is 1. The van der Waals surface area contributed by atoms with E-state index in [1.165, 1.54) is 18.2 Å². The number of halogens is 3. The molecule has 0 saturated heterocycles. The minimum absolute atomic E-state index is 0.0514. The molecule has 2 rings (SSSR count). The maximum Gasteiger partial charge on any atom is 0.491 e. The highest BCUT2D eigenvalue weighted by Gasteiger charge is 2.19. The summed E-state index contributed by atoms with van der Waals surface area (Å²) >= 11 is 11.7. The van der Waals surface area contributed by atoms with E-state index in [0.717, 1.165) is 12.1 Å². The summed E-state index contributed by atoms with van der Waals surface area (Å²) in [6, 6.07) is 7.80. The molecule has 0 fully saturated rings. The molecule has 8 heteroatoms. The third kappa shape index (κ3) is 3.74.